The number of carbonyl (C=O) groups excluding carboxylic acids is 4. The summed E-state index contributed by atoms with van der Waals surface area (Å²) in [5.41, 5.74) is 3.59. The molecule has 0 unspecified atom stereocenters. The number of methoxy groups -OCH3 is 1. The summed E-state index contributed by atoms with van der Waals surface area (Å²) in [6, 6.07) is 45.8. The summed E-state index contributed by atoms with van der Waals surface area (Å²) < 4.78 is 24.5. The lowest BCUT2D eigenvalue weighted by molar-refractivity contribution is -0.150. The number of carbonyl (C=O) groups is 4. The highest BCUT2D eigenvalue weighted by Crippen LogP contribution is 2.61. The second kappa shape index (κ2) is 18.3. The monoisotopic (exact) mass is 942 g/mol. The second-order valence-electron chi connectivity index (χ2n) is 18.6. The van der Waals surface area contributed by atoms with E-state index >= 15 is 4.79 Å². The first kappa shape index (κ1) is 45.5. The molecule has 1 saturated heterocycles. The Bertz CT molecular complexity index is 2930. The zero-order chi connectivity index (χ0) is 48.0. The van der Waals surface area contributed by atoms with E-state index in [1.807, 2.05) is 133 Å². The minimum absolute atomic E-state index is 0.0291. The van der Waals surface area contributed by atoms with Gasteiger partial charge in [-0.15, -0.1) is 0 Å². The average Bonchev–Trinajstić information content (AvgIpc) is 3.79. The van der Waals surface area contributed by atoms with Crippen molar-refractivity contribution in [2.45, 2.75) is 56.8 Å². The molecular weight excluding hydrogens is 889 g/mol. The van der Waals surface area contributed by atoms with Crippen LogP contribution >= 0.6 is 0 Å². The van der Waals surface area contributed by atoms with Crippen molar-refractivity contribution in [2.75, 3.05) is 48.2 Å². The number of benzene rings is 6. The van der Waals surface area contributed by atoms with Crippen molar-refractivity contribution in [2.24, 2.45) is 5.92 Å². The first-order chi connectivity index (χ1) is 33.4. The van der Waals surface area contributed by atoms with E-state index in [2.05, 4.69) is 32.2 Å². The molecule has 1 spiro atoms. The first-order valence-corrected chi connectivity index (χ1v) is 26.4. The van der Waals surface area contributed by atoms with E-state index in [1.54, 1.807) is 26.7 Å². The smallest absolute Gasteiger partial charge is 0.269 e. The lowest BCUT2D eigenvalue weighted by atomic mass is 9.82. The van der Waals surface area contributed by atoms with Crippen LogP contribution < -0.4 is 34.1 Å². The topological polar surface area (TPSA) is 138 Å². The molecule has 4 heterocycles. The Balaban J connectivity index is 1.07. The van der Waals surface area contributed by atoms with E-state index in [-0.39, 0.29) is 68.5 Å². The SMILES string of the molecule is COc1ccc([Si](C)(C)[C@H]2[C@H](CC(=O)N(CCO)Cc3ccccc3)O[C@@]3(C(=O)N(Cc4ccc(N5C(=O)COc6ccccc65)cc4)c4ccc(N5C(=O)COc6ccccc65)cc43)[C@@H]2C)cc1. The molecule has 14 heteroatoms. The quantitative estimate of drug-likeness (QED) is 0.114. The van der Waals surface area contributed by atoms with Crippen molar-refractivity contribution in [1.29, 1.82) is 0 Å². The molecule has 69 heavy (non-hydrogen) atoms. The molecule has 0 bridgehead atoms. The van der Waals surface area contributed by atoms with Crippen molar-refractivity contribution >= 4 is 65.3 Å². The molecule has 0 aromatic heterocycles. The van der Waals surface area contributed by atoms with Crippen LogP contribution in [0.4, 0.5) is 28.4 Å². The molecule has 0 radical (unpaired) electrons. The normalized spacial score (nSPS) is 20.6. The van der Waals surface area contributed by atoms with E-state index in [1.165, 1.54) is 0 Å². The molecule has 4 aliphatic rings. The van der Waals surface area contributed by atoms with Crippen LogP contribution in [0.5, 0.6) is 17.2 Å². The van der Waals surface area contributed by atoms with Gasteiger partial charge in [0.05, 0.1) is 57.9 Å². The Kier molecular flexibility index (Phi) is 12.1. The highest BCUT2D eigenvalue weighted by molar-refractivity contribution is 6.91. The van der Waals surface area contributed by atoms with Gasteiger partial charge in [0.15, 0.2) is 18.8 Å². The van der Waals surface area contributed by atoms with Crippen LogP contribution in [0.2, 0.25) is 18.6 Å². The predicted octanol–water partition coefficient (Wildman–Crippen LogP) is 7.98. The van der Waals surface area contributed by atoms with Gasteiger partial charge < -0.3 is 33.9 Å². The molecule has 10 rings (SSSR count). The van der Waals surface area contributed by atoms with Crippen LogP contribution in [0, 0.1) is 5.92 Å². The number of para-hydroxylation sites is 4. The minimum Gasteiger partial charge on any atom is -0.497 e. The third-order valence-electron chi connectivity index (χ3n) is 14.3. The summed E-state index contributed by atoms with van der Waals surface area (Å²) in [6.45, 7) is 6.75. The molecule has 1 fully saturated rings. The number of aliphatic hydroxyl groups excluding tert-OH is 1. The number of aliphatic hydroxyl groups is 1. The fraction of sp³-hybridized carbons (Fsp3) is 0.273. The lowest BCUT2D eigenvalue weighted by Gasteiger charge is -2.37. The Morgan fingerprint density at radius 3 is 1.96 bits per heavy atom. The van der Waals surface area contributed by atoms with Crippen LogP contribution in [0.1, 0.15) is 30.0 Å². The average molecular weight is 943 g/mol. The molecule has 0 aliphatic carbocycles. The van der Waals surface area contributed by atoms with Crippen molar-refractivity contribution in [3.63, 3.8) is 0 Å². The number of hydrogen-bond acceptors (Lipinski definition) is 9. The van der Waals surface area contributed by atoms with Gasteiger partial charge in [0.25, 0.3) is 17.7 Å². The number of ether oxygens (including phenoxy) is 4. The molecule has 6 aromatic carbocycles. The summed E-state index contributed by atoms with van der Waals surface area (Å²) >= 11 is 0. The number of nitrogens with zero attached hydrogens (tertiary/aromatic N) is 4. The van der Waals surface area contributed by atoms with Gasteiger partial charge in [0.2, 0.25) is 5.91 Å². The van der Waals surface area contributed by atoms with Crippen LogP contribution in [0.3, 0.4) is 0 Å². The zero-order valence-corrected chi connectivity index (χ0v) is 40.0. The Labute approximate surface area is 402 Å². The first-order valence-electron chi connectivity index (χ1n) is 23.3. The summed E-state index contributed by atoms with van der Waals surface area (Å²) in [5.74, 6) is 0.519. The second-order valence-corrected chi connectivity index (χ2v) is 23.3. The molecule has 13 nitrogen and oxygen atoms in total. The van der Waals surface area contributed by atoms with Gasteiger partial charge in [0, 0.05) is 35.9 Å². The number of hydrogen-bond donors (Lipinski definition) is 1. The molecule has 0 saturated carbocycles. The third kappa shape index (κ3) is 8.01. The van der Waals surface area contributed by atoms with E-state index in [0.29, 0.717) is 52.0 Å². The van der Waals surface area contributed by atoms with Crippen LogP contribution in [-0.2, 0) is 42.6 Å². The Hall–Kier alpha value is -7.26. The maximum absolute atomic E-state index is 16.0. The van der Waals surface area contributed by atoms with Crippen LogP contribution in [0.25, 0.3) is 0 Å². The van der Waals surface area contributed by atoms with Crippen molar-refractivity contribution in [3.8, 4) is 17.2 Å². The van der Waals surface area contributed by atoms with E-state index < -0.39 is 25.7 Å². The Morgan fingerprint density at radius 2 is 1.33 bits per heavy atom. The molecule has 6 aromatic rings. The molecule has 4 amide bonds. The number of rotatable bonds is 13. The summed E-state index contributed by atoms with van der Waals surface area (Å²) in [5, 5.41) is 11.3. The lowest BCUT2D eigenvalue weighted by Crippen LogP contribution is -2.52. The van der Waals surface area contributed by atoms with Gasteiger partial charge in [-0.05, 0) is 83.4 Å². The van der Waals surface area contributed by atoms with Gasteiger partial charge in [-0.3, -0.25) is 29.0 Å². The van der Waals surface area contributed by atoms with Gasteiger partial charge >= 0.3 is 0 Å². The maximum atomic E-state index is 16.0. The van der Waals surface area contributed by atoms with Crippen molar-refractivity contribution in [3.05, 3.63) is 162 Å². The summed E-state index contributed by atoms with van der Waals surface area (Å²) in [6.07, 6.45) is -0.744. The standard InChI is InChI=1S/C55H54N4O9Si/c1-36-53(69(3,4)42-25-23-41(65-2)24-26-42)49(31-50(61)56(28-29-60)32-37-12-6-5-7-13-37)68-55(36)43-30-40(59-46-15-9-11-17-48(46)67-35-52(59)63)22-27-44(43)57(54(55)64)33-38-18-20-39(21-19-38)58-45-14-8-10-16-47(45)66-34-51(58)62/h5-27,30,36,49,53,60H,28-29,31-35H2,1-4H3/t36-,49+,53-,55+/m1/s1. The number of fused-ring (bicyclic) bond motifs is 4. The van der Waals surface area contributed by atoms with Gasteiger partial charge in [0.1, 0.15) is 17.2 Å². The van der Waals surface area contributed by atoms with Crippen LogP contribution in [0.15, 0.2) is 146 Å². The van der Waals surface area contributed by atoms with Crippen molar-refractivity contribution in [1.82, 2.24) is 4.90 Å². The minimum atomic E-state index is -2.69. The fourth-order valence-electron chi connectivity index (χ4n) is 11.0. The fourth-order valence-corrected chi connectivity index (χ4v) is 15.0. The van der Waals surface area contributed by atoms with Crippen LogP contribution in [-0.4, -0.2) is 81.3 Å². The van der Waals surface area contributed by atoms with E-state index in [4.69, 9.17) is 18.9 Å². The van der Waals surface area contributed by atoms with E-state index in [0.717, 1.165) is 22.1 Å². The molecule has 4 atom stereocenters. The van der Waals surface area contributed by atoms with E-state index in [9.17, 15) is 19.5 Å². The molecule has 1 N–H and O–H groups in total. The van der Waals surface area contributed by atoms with Gasteiger partial charge in [-0.2, -0.15) is 0 Å². The molecular formula is C55H54N4O9Si. The maximum Gasteiger partial charge on any atom is 0.269 e. The Morgan fingerprint density at radius 1 is 0.739 bits per heavy atom. The largest absolute Gasteiger partial charge is 0.497 e. The summed E-state index contributed by atoms with van der Waals surface area (Å²) in [7, 11) is -1.06. The number of amides is 4. The highest BCUT2D eigenvalue weighted by Gasteiger charge is 2.66. The van der Waals surface area contributed by atoms with Gasteiger partial charge in [-0.25, -0.2) is 0 Å². The zero-order valence-electron chi connectivity index (χ0n) is 39.0. The molecule has 4 aliphatic heterocycles. The summed E-state index contributed by atoms with van der Waals surface area (Å²) in [4.78, 5) is 64.4. The third-order valence-corrected chi connectivity index (χ3v) is 18.7. The number of anilines is 5. The van der Waals surface area contributed by atoms with Crippen molar-refractivity contribution < 1.29 is 43.2 Å². The van der Waals surface area contributed by atoms with Gasteiger partial charge in [-0.1, -0.05) is 104 Å². The highest BCUT2D eigenvalue weighted by atomic mass is 28.3. The predicted molar refractivity (Wildman–Crippen MR) is 265 cm³/mol. The molecule has 352 valence electrons.